The molecule has 0 radical (unpaired) electrons. The van der Waals surface area contributed by atoms with Gasteiger partial charge in [0.15, 0.2) is 0 Å². The number of hydrogen-bond donors (Lipinski definition) is 0. The lowest BCUT2D eigenvalue weighted by molar-refractivity contribution is 0.462. The summed E-state index contributed by atoms with van der Waals surface area (Å²) in [5.41, 5.74) is 0. The zero-order valence-corrected chi connectivity index (χ0v) is 6.82. The van der Waals surface area contributed by atoms with E-state index in [4.69, 9.17) is 10.5 Å². The van der Waals surface area contributed by atoms with E-state index in [2.05, 4.69) is 17.1 Å². The molecule has 1 aliphatic heterocycles. The highest BCUT2D eigenvalue weighted by Crippen LogP contribution is 2.04. The van der Waals surface area contributed by atoms with E-state index in [1.54, 1.807) is 0 Å². The van der Waals surface area contributed by atoms with E-state index in [1.165, 1.54) is 0 Å². The fourth-order valence-electron chi connectivity index (χ4n) is 1.19. The molecule has 1 aliphatic rings. The van der Waals surface area contributed by atoms with Crippen LogP contribution in [-0.4, -0.2) is 30.4 Å². The fraction of sp³-hybridized carbons (Fsp3) is 0.625. The minimum atomic E-state index is 0.366. The molecule has 4 nitrogen and oxygen atoms in total. The van der Waals surface area contributed by atoms with Crippen molar-refractivity contribution in [2.45, 2.75) is 12.8 Å². The number of hydrogen-bond acceptors (Lipinski definition) is 4. The van der Waals surface area contributed by atoms with Crippen LogP contribution in [0.4, 0.5) is 0 Å². The van der Waals surface area contributed by atoms with Gasteiger partial charge in [0.05, 0.1) is 31.5 Å². The van der Waals surface area contributed by atoms with Gasteiger partial charge in [-0.05, 0) is 0 Å². The standard InChI is InChI=1S/C8H10N4/c9-3-1-6-12-7-5-11-8(12)2-4-10/h1-2,5-7H2. The van der Waals surface area contributed by atoms with Crippen LogP contribution >= 0.6 is 0 Å². The number of nitrogens with zero attached hydrogens (tertiary/aromatic N) is 4. The van der Waals surface area contributed by atoms with E-state index < -0.39 is 0 Å². The zero-order chi connectivity index (χ0) is 8.81. The molecular weight excluding hydrogens is 152 g/mol. The van der Waals surface area contributed by atoms with Crippen LogP contribution in [0.3, 0.4) is 0 Å². The van der Waals surface area contributed by atoms with Gasteiger partial charge in [-0.25, -0.2) is 0 Å². The van der Waals surface area contributed by atoms with E-state index >= 15 is 0 Å². The zero-order valence-electron chi connectivity index (χ0n) is 6.82. The summed E-state index contributed by atoms with van der Waals surface area (Å²) in [5, 5.41) is 16.8. The highest BCUT2D eigenvalue weighted by atomic mass is 15.2. The molecule has 4 heteroatoms. The average molecular weight is 162 g/mol. The SMILES string of the molecule is N#CCCN1CCN=C1CC#N. The maximum absolute atomic E-state index is 8.45. The summed E-state index contributed by atoms with van der Waals surface area (Å²) in [6, 6.07) is 4.14. The lowest BCUT2D eigenvalue weighted by Gasteiger charge is -2.16. The number of amidine groups is 1. The Balaban J connectivity index is 2.41. The summed E-state index contributed by atoms with van der Waals surface area (Å²) in [6.07, 6.45) is 0.871. The first-order valence-electron chi connectivity index (χ1n) is 3.90. The van der Waals surface area contributed by atoms with Gasteiger partial charge in [-0.3, -0.25) is 4.99 Å². The van der Waals surface area contributed by atoms with Crippen molar-refractivity contribution in [1.29, 1.82) is 10.5 Å². The maximum atomic E-state index is 8.45. The number of rotatable bonds is 3. The monoisotopic (exact) mass is 162 g/mol. The van der Waals surface area contributed by atoms with Crippen molar-refractivity contribution < 1.29 is 0 Å². The van der Waals surface area contributed by atoms with Crippen molar-refractivity contribution in [3.63, 3.8) is 0 Å². The van der Waals surface area contributed by atoms with Gasteiger partial charge in [0.2, 0.25) is 0 Å². The molecule has 1 heterocycles. The quantitative estimate of drug-likeness (QED) is 0.608. The summed E-state index contributed by atoms with van der Waals surface area (Å²) in [7, 11) is 0. The summed E-state index contributed by atoms with van der Waals surface area (Å²) in [6.45, 7) is 2.33. The van der Waals surface area contributed by atoms with Gasteiger partial charge in [-0.2, -0.15) is 10.5 Å². The third kappa shape index (κ3) is 1.96. The van der Waals surface area contributed by atoms with Crippen molar-refractivity contribution in [3.05, 3.63) is 0 Å². The molecule has 0 saturated carbocycles. The molecule has 12 heavy (non-hydrogen) atoms. The van der Waals surface area contributed by atoms with Crippen LogP contribution in [0.1, 0.15) is 12.8 Å². The fourth-order valence-corrected chi connectivity index (χ4v) is 1.19. The van der Waals surface area contributed by atoms with Gasteiger partial charge in [-0.15, -0.1) is 0 Å². The Morgan fingerprint density at radius 3 is 2.92 bits per heavy atom. The van der Waals surface area contributed by atoms with Crippen LogP contribution in [-0.2, 0) is 0 Å². The Labute approximate surface area is 71.7 Å². The molecule has 0 aromatic carbocycles. The molecule has 0 bridgehead atoms. The first kappa shape index (κ1) is 8.55. The van der Waals surface area contributed by atoms with Crippen molar-refractivity contribution >= 4 is 5.84 Å². The van der Waals surface area contributed by atoms with E-state index in [-0.39, 0.29) is 0 Å². The molecule has 0 aromatic heterocycles. The number of nitriles is 2. The molecule has 0 amide bonds. The Morgan fingerprint density at radius 1 is 1.42 bits per heavy atom. The molecule has 0 atom stereocenters. The summed E-state index contributed by atoms with van der Waals surface area (Å²) in [4.78, 5) is 6.18. The second-order valence-corrected chi connectivity index (χ2v) is 2.53. The molecule has 1 rings (SSSR count). The highest BCUT2D eigenvalue weighted by Gasteiger charge is 2.14. The Morgan fingerprint density at radius 2 is 2.25 bits per heavy atom. The van der Waals surface area contributed by atoms with E-state index in [9.17, 15) is 0 Å². The summed E-state index contributed by atoms with van der Waals surface area (Å²) in [5.74, 6) is 0.841. The minimum Gasteiger partial charge on any atom is -0.357 e. The van der Waals surface area contributed by atoms with Gasteiger partial charge < -0.3 is 4.90 Å². The van der Waals surface area contributed by atoms with Gasteiger partial charge in [-0.1, -0.05) is 0 Å². The van der Waals surface area contributed by atoms with Crippen LogP contribution in [0.25, 0.3) is 0 Å². The van der Waals surface area contributed by atoms with E-state index in [0.29, 0.717) is 19.4 Å². The molecule has 0 N–H and O–H groups in total. The molecule has 0 aliphatic carbocycles. The molecule has 62 valence electrons. The normalized spacial score (nSPS) is 15.2. The van der Waals surface area contributed by atoms with Crippen LogP contribution in [0.2, 0.25) is 0 Å². The molecule has 0 spiro atoms. The van der Waals surface area contributed by atoms with Crippen LogP contribution in [0, 0.1) is 22.7 Å². The summed E-state index contributed by atoms with van der Waals surface area (Å²) >= 11 is 0. The van der Waals surface area contributed by atoms with Gasteiger partial charge >= 0.3 is 0 Å². The molecule has 0 aromatic rings. The minimum absolute atomic E-state index is 0.366. The van der Waals surface area contributed by atoms with E-state index in [1.807, 2.05) is 4.90 Å². The Bertz CT molecular complexity index is 255. The lowest BCUT2D eigenvalue weighted by atomic mass is 10.3. The largest absolute Gasteiger partial charge is 0.357 e. The third-order valence-corrected chi connectivity index (χ3v) is 1.76. The predicted molar refractivity (Wildman–Crippen MR) is 44.3 cm³/mol. The maximum Gasteiger partial charge on any atom is 0.113 e. The second kappa shape index (κ2) is 4.35. The van der Waals surface area contributed by atoms with Crippen molar-refractivity contribution in [2.24, 2.45) is 4.99 Å². The Hall–Kier alpha value is -1.55. The van der Waals surface area contributed by atoms with Gasteiger partial charge in [0.1, 0.15) is 5.84 Å². The molecular formula is C8H10N4. The highest BCUT2D eigenvalue weighted by molar-refractivity contribution is 5.85. The predicted octanol–water partition coefficient (Wildman–Crippen LogP) is 0.528. The van der Waals surface area contributed by atoms with E-state index in [0.717, 1.165) is 18.9 Å². The van der Waals surface area contributed by atoms with Crippen LogP contribution in [0.5, 0.6) is 0 Å². The Kier molecular flexibility index (Phi) is 3.10. The van der Waals surface area contributed by atoms with Crippen molar-refractivity contribution in [1.82, 2.24) is 4.90 Å². The lowest BCUT2D eigenvalue weighted by Crippen LogP contribution is -2.28. The van der Waals surface area contributed by atoms with Crippen LogP contribution < -0.4 is 0 Å². The van der Waals surface area contributed by atoms with Crippen LogP contribution in [0.15, 0.2) is 4.99 Å². The van der Waals surface area contributed by atoms with Crippen molar-refractivity contribution in [3.8, 4) is 12.1 Å². The first-order chi connectivity index (χ1) is 5.88. The smallest absolute Gasteiger partial charge is 0.113 e. The third-order valence-electron chi connectivity index (χ3n) is 1.76. The van der Waals surface area contributed by atoms with Crippen molar-refractivity contribution in [2.75, 3.05) is 19.6 Å². The van der Waals surface area contributed by atoms with Gasteiger partial charge in [0, 0.05) is 13.1 Å². The molecule has 0 saturated heterocycles. The first-order valence-corrected chi connectivity index (χ1v) is 3.90. The average Bonchev–Trinajstić information content (AvgIpc) is 2.50. The topological polar surface area (TPSA) is 63.2 Å². The second-order valence-electron chi connectivity index (χ2n) is 2.53. The summed E-state index contributed by atoms with van der Waals surface area (Å²) < 4.78 is 0. The molecule has 0 fully saturated rings. The number of aliphatic imine (C=N–C) groups is 1. The molecule has 0 unspecified atom stereocenters. The van der Waals surface area contributed by atoms with Gasteiger partial charge in [0.25, 0.3) is 0 Å².